The van der Waals surface area contributed by atoms with E-state index in [1.165, 1.54) is 5.56 Å². The molecule has 2 aromatic rings. The Hall–Kier alpha value is -2.20. The van der Waals surface area contributed by atoms with Crippen molar-refractivity contribution in [1.29, 1.82) is 0 Å². The van der Waals surface area contributed by atoms with Crippen LogP contribution in [0.4, 0.5) is 10.5 Å². The molecule has 0 aliphatic carbocycles. The van der Waals surface area contributed by atoms with E-state index < -0.39 is 0 Å². The van der Waals surface area contributed by atoms with E-state index in [-0.39, 0.29) is 6.03 Å². The Labute approximate surface area is 124 Å². The lowest BCUT2D eigenvalue weighted by atomic mass is 10.1. The predicted octanol–water partition coefficient (Wildman–Crippen LogP) is 3.80. The van der Waals surface area contributed by atoms with Gasteiger partial charge in [0.2, 0.25) is 0 Å². The summed E-state index contributed by atoms with van der Waals surface area (Å²) in [5.74, 6) is 0. The lowest BCUT2D eigenvalue weighted by Crippen LogP contribution is -2.33. The highest BCUT2D eigenvalue weighted by atomic mass is 32.1. The van der Waals surface area contributed by atoms with E-state index >= 15 is 0 Å². The third kappa shape index (κ3) is 3.65. The number of amides is 2. The molecule has 2 amide bonds. The summed E-state index contributed by atoms with van der Waals surface area (Å²) < 4.78 is 0. The van der Waals surface area contributed by atoms with E-state index in [9.17, 15) is 4.79 Å². The van der Waals surface area contributed by atoms with Crippen molar-refractivity contribution in [2.75, 3.05) is 5.32 Å². The third-order valence-corrected chi connectivity index (χ3v) is 3.37. The van der Waals surface area contributed by atoms with Crippen molar-refractivity contribution in [1.82, 2.24) is 5.32 Å². The van der Waals surface area contributed by atoms with Gasteiger partial charge in [0.05, 0.1) is 0 Å². The lowest BCUT2D eigenvalue weighted by Gasteiger charge is -2.10. The third-order valence-electron chi connectivity index (χ3n) is 3.03. The second-order valence-corrected chi connectivity index (χ2v) is 4.98. The molecule has 0 radical (unpaired) electrons. The fourth-order valence-corrected chi connectivity index (χ4v) is 1.98. The number of carbonyl (C=O) groups excluding carboxylic acids is 1. The Balaban J connectivity index is 1.99. The summed E-state index contributed by atoms with van der Waals surface area (Å²) >= 11 is 5.19. The van der Waals surface area contributed by atoms with Gasteiger partial charge in [0, 0.05) is 11.3 Å². The maximum absolute atomic E-state index is 11.9. The van der Waals surface area contributed by atoms with Gasteiger partial charge in [-0.3, -0.25) is 5.32 Å². The molecule has 102 valence electrons. The van der Waals surface area contributed by atoms with Crippen molar-refractivity contribution in [3.05, 3.63) is 65.2 Å². The van der Waals surface area contributed by atoms with Crippen LogP contribution in [0.5, 0.6) is 0 Å². The standard InChI is InChI=1S/C16H16N2OS/c1-11-8-9-14(10-12(11)2)17-16(19)18-15(20)13-6-4-3-5-7-13/h3-10H,1-2H3,(H2,17,18,19,20). The van der Waals surface area contributed by atoms with Crippen molar-refractivity contribution < 1.29 is 4.79 Å². The maximum atomic E-state index is 11.9. The molecule has 3 nitrogen and oxygen atoms in total. The zero-order chi connectivity index (χ0) is 14.5. The van der Waals surface area contributed by atoms with Crippen molar-refractivity contribution in [3.8, 4) is 0 Å². The molecule has 0 aliphatic heterocycles. The van der Waals surface area contributed by atoms with E-state index in [2.05, 4.69) is 10.6 Å². The second kappa shape index (κ2) is 6.30. The first-order valence-electron chi connectivity index (χ1n) is 6.31. The summed E-state index contributed by atoms with van der Waals surface area (Å²) in [5, 5.41) is 5.43. The molecular formula is C16H16N2OS. The van der Waals surface area contributed by atoms with Gasteiger partial charge in [-0.1, -0.05) is 48.6 Å². The topological polar surface area (TPSA) is 41.1 Å². The van der Waals surface area contributed by atoms with Crippen LogP contribution < -0.4 is 10.6 Å². The van der Waals surface area contributed by atoms with E-state index in [0.29, 0.717) is 4.99 Å². The summed E-state index contributed by atoms with van der Waals surface area (Å²) in [4.78, 5) is 12.3. The van der Waals surface area contributed by atoms with Gasteiger partial charge in [-0.2, -0.15) is 0 Å². The molecule has 0 heterocycles. The molecule has 20 heavy (non-hydrogen) atoms. The van der Waals surface area contributed by atoms with Crippen LogP contribution in [-0.2, 0) is 0 Å². The van der Waals surface area contributed by atoms with Gasteiger partial charge >= 0.3 is 6.03 Å². The molecule has 0 saturated carbocycles. The van der Waals surface area contributed by atoms with E-state index in [1.807, 2.05) is 62.4 Å². The first kappa shape index (κ1) is 14.2. The van der Waals surface area contributed by atoms with Crippen LogP contribution in [0.2, 0.25) is 0 Å². The summed E-state index contributed by atoms with van der Waals surface area (Å²) in [6.07, 6.45) is 0. The van der Waals surface area contributed by atoms with Crippen LogP contribution in [-0.4, -0.2) is 11.0 Å². The number of nitrogens with one attached hydrogen (secondary N) is 2. The average molecular weight is 284 g/mol. The van der Waals surface area contributed by atoms with E-state index in [0.717, 1.165) is 16.8 Å². The monoisotopic (exact) mass is 284 g/mol. The summed E-state index contributed by atoms with van der Waals surface area (Å²) in [6, 6.07) is 14.8. The highest BCUT2D eigenvalue weighted by Gasteiger charge is 2.06. The summed E-state index contributed by atoms with van der Waals surface area (Å²) in [7, 11) is 0. The quantitative estimate of drug-likeness (QED) is 0.824. The number of carbonyl (C=O) groups is 1. The normalized spacial score (nSPS) is 9.90. The van der Waals surface area contributed by atoms with Crippen LogP contribution in [0.3, 0.4) is 0 Å². The lowest BCUT2D eigenvalue weighted by molar-refractivity contribution is 0.256. The molecule has 0 spiro atoms. The molecule has 0 bridgehead atoms. The Kier molecular flexibility index (Phi) is 4.48. The second-order valence-electron chi connectivity index (χ2n) is 4.57. The fourth-order valence-electron chi connectivity index (χ4n) is 1.75. The molecule has 0 atom stereocenters. The number of hydrogen-bond donors (Lipinski definition) is 2. The number of urea groups is 1. The Morgan fingerprint density at radius 1 is 1.00 bits per heavy atom. The molecule has 2 aromatic carbocycles. The minimum absolute atomic E-state index is 0.331. The number of benzene rings is 2. The SMILES string of the molecule is Cc1ccc(NC(=O)NC(=S)c2ccccc2)cc1C. The number of aryl methyl sites for hydroxylation is 2. The Bertz CT molecular complexity index is 638. The zero-order valence-corrected chi connectivity index (χ0v) is 12.3. The molecular weight excluding hydrogens is 268 g/mol. The van der Waals surface area contributed by atoms with Crippen LogP contribution in [0, 0.1) is 13.8 Å². The van der Waals surface area contributed by atoms with Gasteiger partial charge in [-0.25, -0.2) is 4.79 Å². The first-order chi connectivity index (χ1) is 9.56. The highest BCUT2D eigenvalue weighted by molar-refractivity contribution is 7.80. The van der Waals surface area contributed by atoms with Gasteiger partial charge in [0.1, 0.15) is 4.99 Å². The van der Waals surface area contributed by atoms with Crippen molar-refractivity contribution in [2.45, 2.75) is 13.8 Å². The van der Waals surface area contributed by atoms with Gasteiger partial charge < -0.3 is 5.32 Å². The molecule has 0 saturated heterocycles. The van der Waals surface area contributed by atoms with Crippen LogP contribution in [0.15, 0.2) is 48.5 Å². The highest BCUT2D eigenvalue weighted by Crippen LogP contribution is 2.13. The fraction of sp³-hybridized carbons (Fsp3) is 0.125. The van der Waals surface area contributed by atoms with Crippen LogP contribution >= 0.6 is 12.2 Å². The number of anilines is 1. The predicted molar refractivity (Wildman–Crippen MR) is 86.2 cm³/mol. The zero-order valence-electron chi connectivity index (χ0n) is 11.4. The van der Waals surface area contributed by atoms with E-state index in [4.69, 9.17) is 12.2 Å². The summed E-state index contributed by atoms with van der Waals surface area (Å²) in [5.41, 5.74) is 3.89. The van der Waals surface area contributed by atoms with Gasteiger partial charge in [-0.05, 0) is 37.1 Å². The molecule has 0 unspecified atom stereocenters. The maximum Gasteiger partial charge on any atom is 0.324 e. The van der Waals surface area contributed by atoms with Crippen molar-refractivity contribution >= 4 is 28.9 Å². The van der Waals surface area contributed by atoms with Crippen LogP contribution in [0.1, 0.15) is 16.7 Å². The minimum atomic E-state index is -0.331. The molecule has 0 fully saturated rings. The smallest absolute Gasteiger partial charge is 0.308 e. The van der Waals surface area contributed by atoms with Crippen LogP contribution in [0.25, 0.3) is 0 Å². The van der Waals surface area contributed by atoms with Gasteiger partial charge in [0.15, 0.2) is 0 Å². The average Bonchev–Trinajstić information content (AvgIpc) is 2.44. The molecule has 0 aliphatic rings. The van der Waals surface area contributed by atoms with Crippen molar-refractivity contribution in [3.63, 3.8) is 0 Å². The number of hydrogen-bond acceptors (Lipinski definition) is 2. The molecule has 4 heteroatoms. The van der Waals surface area contributed by atoms with Gasteiger partial charge in [-0.15, -0.1) is 0 Å². The first-order valence-corrected chi connectivity index (χ1v) is 6.72. The number of thiocarbonyl (C=S) groups is 1. The minimum Gasteiger partial charge on any atom is -0.308 e. The molecule has 0 aromatic heterocycles. The molecule has 2 N–H and O–H groups in total. The number of rotatable bonds is 2. The Morgan fingerprint density at radius 2 is 1.70 bits per heavy atom. The van der Waals surface area contributed by atoms with Crippen molar-refractivity contribution in [2.24, 2.45) is 0 Å². The molecule has 2 rings (SSSR count). The largest absolute Gasteiger partial charge is 0.324 e. The Morgan fingerprint density at radius 3 is 2.35 bits per heavy atom. The summed E-state index contributed by atoms with van der Waals surface area (Å²) in [6.45, 7) is 4.04. The van der Waals surface area contributed by atoms with E-state index in [1.54, 1.807) is 0 Å². The van der Waals surface area contributed by atoms with Gasteiger partial charge in [0.25, 0.3) is 0 Å².